The van der Waals surface area contributed by atoms with E-state index in [0.29, 0.717) is 28.3 Å². The Hall–Kier alpha value is -3.52. The quantitative estimate of drug-likeness (QED) is 0.722. The van der Waals surface area contributed by atoms with E-state index in [9.17, 15) is 10.1 Å². The number of pyridine rings is 1. The number of aromatic nitrogens is 1. The van der Waals surface area contributed by atoms with Crippen LogP contribution in [-0.2, 0) is 0 Å². The maximum Gasteiger partial charge on any atom is 0.250 e. The number of hydrogen-bond donors (Lipinski definition) is 2. The van der Waals surface area contributed by atoms with Crippen LogP contribution in [-0.4, -0.2) is 4.98 Å². The van der Waals surface area contributed by atoms with Gasteiger partial charge in [0.2, 0.25) is 0 Å². The molecule has 0 aliphatic heterocycles. The minimum atomic E-state index is -0.139. The second kappa shape index (κ2) is 6.31. The van der Waals surface area contributed by atoms with Crippen LogP contribution >= 0.6 is 0 Å². The highest BCUT2D eigenvalue weighted by molar-refractivity contribution is 5.74. The molecule has 24 heavy (non-hydrogen) atoms. The molecule has 0 aliphatic carbocycles. The third-order valence-electron chi connectivity index (χ3n) is 3.63. The van der Waals surface area contributed by atoms with Crippen molar-refractivity contribution in [1.82, 2.24) is 4.98 Å². The topological polar surface area (TPSA) is 91.9 Å². The molecule has 3 aromatic rings. The summed E-state index contributed by atoms with van der Waals surface area (Å²) in [6.07, 6.45) is 1.62. The summed E-state index contributed by atoms with van der Waals surface area (Å²) >= 11 is 0. The molecule has 0 radical (unpaired) electrons. The van der Waals surface area contributed by atoms with Crippen LogP contribution in [0.25, 0.3) is 11.1 Å². The summed E-state index contributed by atoms with van der Waals surface area (Å²) < 4.78 is 5.94. The number of nitrogens with zero attached hydrogens (tertiary/aromatic N) is 1. The molecule has 0 fully saturated rings. The van der Waals surface area contributed by atoms with Gasteiger partial charge < -0.3 is 15.5 Å². The van der Waals surface area contributed by atoms with Crippen molar-refractivity contribution in [2.45, 2.75) is 6.92 Å². The minimum Gasteiger partial charge on any atom is -0.455 e. The lowest BCUT2D eigenvalue weighted by atomic mass is 10.0. The van der Waals surface area contributed by atoms with Crippen molar-refractivity contribution in [1.29, 1.82) is 5.26 Å². The fourth-order valence-corrected chi connectivity index (χ4v) is 2.38. The van der Waals surface area contributed by atoms with E-state index < -0.39 is 0 Å². The molecule has 0 bridgehead atoms. The van der Waals surface area contributed by atoms with Crippen molar-refractivity contribution in [3.8, 4) is 28.7 Å². The Bertz CT molecular complexity index is 1000. The summed E-state index contributed by atoms with van der Waals surface area (Å²) in [5, 5.41) is 9.20. The van der Waals surface area contributed by atoms with Gasteiger partial charge in [-0.15, -0.1) is 0 Å². The number of aromatic amines is 1. The van der Waals surface area contributed by atoms with Crippen molar-refractivity contribution in [3.05, 3.63) is 76.2 Å². The number of ether oxygens (including phenoxy) is 1. The Balaban J connectivity index is 2.11. The van der Waals surface area contributed by atoms with Gasteiger partial charge in [-0.2, -0.15) is 5.26 Å². The van der Waals surface area contributed by atoms with Gasteiger partial charge in [-0.25, -0.2) is 0 Å². The van der Waals surface area contributed by atoms with Crippen LogP contribution in [0.15, 0.2) is 59.5 Å². The number of para-hydroxylation sites is 1. The normalized spacial score (nSPS) is 10.2. The molecule has 0 aliphatic rings. The molecule has 1 heterocycles. The molecular weight excluding hydrogens is 302 g/mol. The van der Waals surface area contributed by atoms with Crippen molar-refractivity contribution in [2.24, 2.45) is 0 Å². The summed E-state index contributed by atoms with van der Waals surface area (Å²) in [5.74, 6) is 1.02. The highest BCUT2D eigenvalue weighted by atomic mass is 16.5. The summed E-state index contributed by atoms with van der Waals surface area (Å²) in [4.78, 5) is 14.3. The summed E-state index contributed by atoms with van der Waals surface area (Å²) in [5.41, 5.74) is 8.90. The lowest BCUT2D eigenvalue weighted by Gasteiger charge is -2.13. The fourth-order valence-electron chi connectivity index (χ4n) is 2.38. The predicted molar refractivity (Wildman–Crippen MR) is 92.9 cm³/mol. The minimum absolute atomic E-state index is 0.139. The number of rotatable bonds is 3. The SMILES string of the molecule is Cc1cc(-c2cc(N)ccc2Oc2ccccc2C#N)c[nH]c1=O. The number of hydrogen-bond acceptors (Lipinski definition) is 4. The molecular formula is C19H15N3O2. The Morgan fingerprint density at radius 2 is 1.92 bits per heavy atom. The van der Waals surface area contributed by atoms with E-state index in [2.05, 4.69) is 11.1 Å². The first-order valence-electron chi connectivity index (χ1n) is 7.34. The number of benzene rings is 2. The zero-order valence-electron chi connectivity index (χ0n) is 13.0. The first kappa shape index (κ1) is 15.4. The van der Waals surface area contributed by atoms with Crippen molar-refractivity contribution >= 4 is 5.69 Å². The van der Waals surface area contributed by atoms with Crippen LogP contribution in [0, 0.1) is 18.3 Å². The summed E-state index contributed by atoms with van der Waals surface area (Å²) in [6, 6.07) is 16.1. The largest absolute Gasteiger partial charge is 0.455 e. The van der Waals surface area contributed by atoms with E-state index in [1.165, 1.54) is 0 Å². The van der Waals surface area contributed by atoms with Gasteiger partial charge in [-0.3, -0.25) is 4.79 Å². The van der Waals surface area contributed by atoms with Crippen molar-refractivity contribution < 1.29 is 4.74 Å². The van der Waals surface area contributed by atoms with Crippen LogP contribution in [0.2, 0.25) is 0 Å². The highest BCUT2D eigenvalue weighted by Crippen LogP contribution is 2.35. The highest BCUT2D eigenvalue weighted by Gasteiger charge is 2.11. The molecule has 5 heteroatoms. The van der Waals surface area contributed by atoms with E-state index >= 15 is 0 Å². The van der Waals surface area contributed by atoms with Gasteiger partial charge in [0, 0.05) is 28.6 Å². The zero-order chi connectivity index (χ0) is 17.1. The number of aryl methyl sites for hydroxylation is 1. The lowest BCUT2D eigenvalue weighted by Crippen LogP contribution is -2.08. The van der Waals surface area contributed by atoms with Crippen LogP contribution < -0.4 is 16.0 Å². The Labute approximate surface area is 139 Å². The first-order valence-corrected chi connectivity index (χ1v) is 7.34. The maximum absolute atomic E-state index is 11.6. The van der Waals surface area contributed by atoms with Gasteiger partial charge in [0.05, 0.1) is 5.56 Å². The number of nitrogen functional groups attached to an aromatic ring is 1. The lowest BCUT2D eigenvalue weighted by molar-refractivity contribution is 0.483. The number of nitrogens with two attached hydrogens (primary N) is 1. The van der Waals surface area contributed by atoms with E-state index in [4.69, 9.17) is 10.5 Å². The number of nitrogens with one attached hydrogen (secondary N) is 1. The van der Waals surface area contributed by atoms with Crippen molar-refractivity contribution in [2.75, 3.05) is 5.73 Å². The molecule has 0 saturated heterocycles. The van der Waals surface area contributed by atoms with Gasteiger partial charge in [-0.1, -0.05) is 12.1 Å². The Morgan fingerprint density at radius 1 is 1.12 bits per heavy atom. The van der Waals surface area contributed by atoms with Crippen LogP contribution in [0.5, 0.6) is 11.5 Å². The molecule has 0 atom stereocenters. The second-order valence-corrected chi connectivity index (χ2v) is 5.37. The average molecular weight is 317 g/mol. The van der Waals surface area contributed by atoms with Crippen LogP contribution in [0.3, 0.4) is 0 Å². The fraction of sp³-hybridized carbons (Fsp3) is 0.0526. The number of H-pyrrole nitrogens is 1. The van der Waals surface area contributed by atoms with Gasteiger partial charge in [0.15, 0.2) is 0 Å². The molecule has 0 amide bonds. The Kier molecular flexibility index (Phi) is 4.04. The van der Waals surface area contributed by atoms with Gasteiger partial charge in [0.1, 0.15) is 17.6 Å². The molecule has 0 spiro atoms. The van der Waals surface area contributed by atoms with Gasteiger partial charge in [0.25, 0.3) is 5.56 Å². The Morgan fingerprint density at radius 3 is 2.67 bits per heavy atom. The molecule has 5 nitrogen and oxygen atoms in total. The molecule has 3 N–H and O–H groups in total. The number of nitriles is 1. The smallest absolute Gasteiger partial charge is 0.250 e. The summed E-state index contributed by atoms with van der Waals surface area (Å²) in [6.45, 7) is 1.74. The van der Waals surface area contributed by atoms with E-state index in [-0.39, 0.29) is 5.56 Å². The maximum atomic E-state index is 11.6. The first-order chi connectivity index (χ1) is 11.6. The molecule has 0 unspecified atom stereocenters. The second-order valence-electron chi connectivity index (χ2n) is 5.37. The van der Waals surface area contributed by atoms with E-state index in [1.54, 1.807) is 61.7 Å². The standard InChI is InChI=1S/C19H15N3O2/c1-12-8-14(11-22-19(12)23)16-9-15(21)6-7-18(16)24-17-5-3-2-4-13(17)10-20/h2-9,11H,21H2,1H3,(H,22,23). The van der Waals surface area contributed by atoms with E-state index in [1.807, 2.05) is 0 Å². The molecule has 118 valence electrons. The van der Waals surface area contributed by atoms with Gasteiger partial charge >= 0.3 is 0 Å². The predicted octanol–water partition coefficient (Wildman–Crippen LogP) is 3.60. The third-order valence-corrected chi connectivity index (χ3v) is 3.63. The molecule has 0 saturated carbocycles. The third kappa shape index (κ3) is 2.99. The van der Waals surface area contributed by atoms with Crippen LogP contribution in [0.4, 0.5) is 5.69 Å². The molecule has 3 rings (SSSR count). The van der Waals surface area contributed by atoms with Gasteiger partial charge in [-0.05, 0) is 43.3 Å². The zero-order valence-corrected chi connectivity index (χ0v) is 13.0. The van der Waals surface area contributed by atoms with E-state index in [0.717, 1.165) is 11.1 Å². The molecule has 1 aromatic heterocycles. The summed E-state index contributed by atoms with van der Waals surface area (Å²) in [7, 11) is 0. The monoisotopic (exact) mass is 317 g/mol. The number of anilines is 1. The molecule has 2 aromatic carbocycles. The van der Waals surface area contributed by atoms with Crippen molar-refractivity contribution in [3.63, 3.8) is 0 Å². The van der Waals surface area contributed by atoms with Crippen LogP contribution in [0.1, 0.15) is 11.1 Å². The average Bonchev–Trinajstić information content (AvgIpc) is 2.59.